The molecule has 1 saturated heterocycles. The van der Waals surface area contributed by atoms with Crippen LogP contribution in [-0.4, -0.2) is 31.1 Å². The summed E-state index contributed by atoms with van der Waals surface area (Å²) in [5, 5.41) is 6.19. The van der Waals surface area contributed by atoms with Crippen LogP contribution in [0.3, 0.4) is 0 Å². The van der Waals surface area contributed by atoms with Crippen molar-refractivity contribution in [1.82, 2.24) is 10.6 Å². The lowest BCUT2D eigenvalue weighted by atomic mass is 10.0. The Morgan fingerprint density at radius 1 is 1.57 bits per heavy atom. The van der Waals surface area contributed by atoms with Gasteiger partial charge in [-0.2, -0.15) is 8.78 Å². The smallest absolute Gasteiger partial charge is 0.387 e. The normalized spacial score (nSPS) is 21.8. The summed E-state index contributed by atoms with van der Waals surface area (Å²) in [6.45, 7) is 1.73. The van der Waals surface area contributed by atoms with Crippen LogP contribution in [0.2, 0.25) is 0 Å². The summed E-state index contributed by atoms with van der Waals surface area (Å²) in [6.07, 6.45) is 1.67. The maximum absolute atomic E-state index is 12.3. The number of aryl methyl sites for hydroxylation is 1. The number of piperidine rings is 1. The molecule has 0 spiro atoms. The lowest BCUT2D eigenvalue weighted by Crippen LogP contribution is -2.46. The van der Waals surface area contributed by atoms with Crippen LogP contribution >= 0.6 is 23.7 Å². The van der Waals surface area contributed by atoms with Gasteiger partial charge in [-0.15, -0.1) is 23.7 Å². The van der Waals surface area contributed by atoms with Crippen molar-refractivity contribution in [3.8, 4) is 5.75 Å². The minimum atomic E-state index is -2.92. The first-order valence-electron chi connectivity index (χ1n) is 6.55. The average Bonchev–Trinajstić information content (AvgIpc) is 2.69. The van der Waals surface area contributed by atoms with Gasteiger partial charge in [-0.1, -0.05) is 0 Å². The lowest BCUT2D eigenvalue weighted by Gasteiger charge is -2.28. The minimum Gasteiger partial charge on any atom is -0.433 e. The van der Waals surface area contributed by atoms with E-state index in [2.05, 4.69) is 22.3 Å². The molecule has 8 heteroatoms. The summed E-state index contributed by atoms with van der Waals surface area (Å²) >= 11 is 1.17. The molecule has 2 atom stereocenters. The molecule has 2 N–H and O–H groups in total. The number of carbonyl (C=O) groups excluding carboxylic acids is 1. The summed E-state index contributed by atoms with van der Waals surface area (Å²) in [5.41, 5.74) is 0. The van der Waals surface area contributed by atoms with Crippen molar-refractivity contribution < 1.29 is 18.3 Å². The standard InChI is InChI=1S/C13H18F2N2O2S.ClH/c1-7-5-9(3-4-16-7)17-12(18)11-10(19-13(14)15)6-8(2)20-11;/h6-7,9,13,16H,3-5H2,1-2H3,(H,17,18);1H. The third-order valence-corrected chi connectivity index (χ3v) is 4.23. The van der Waals surface area contributed by atoms with Crippen molar-refractivity contribution in [1.29, 1.82) is 0 Å². The van der Waals surface area contributed by atoms with Crippen molar-refractivity contribution in [3.63, 3.8) is 0 Å². The SMILES string of the molecule is Cc1cc(OC(F)F)c(C(=O)NC2CCNC(C)C2)s1.Cl. The molecular formula is C13H19ClF2N2O2S. The highest BCUT2D eigenvalue weighted by molar-refractivity contribution is 7.14. The molecule has 2 rings (SSSR count). The van der Waals surface area contributed by atoms with Gasteiger partial charge in [0.25, 0.3) is 5.91 Å². The van der Waals surface area contributed by atoms with Crippen molar-refractivity contribution >= 4 is 29.7 Å². The van der Waals surface area contributed by atoms with E-state index < -0.39 is 6.61 Å². The largest absolute Gasteiger partial charge is 0.433 e. The molecule has 1 aromatic heterocycles. The quantitative estimate of drug-likeness (QED) is 0.886. The Kier molecular flexibility index (Phi) is 6.83. The van der Waals surface area contributed by atoms with Crippen LogP contribution in [0.5, 0.6) is 5.75 Å². The molecule has 2 heterocycles. The Balaban J connectivity index is 0.00000220. The van der Waals surface area contributed by atoms with Gasteiger partial charge < -0.3 is 15.4 Å². The van der Waals surface area contributed by atoms with Crippen LogP contribution < -0.4 is 15.4 Å². The van der Waals surface area contributed by atoms with E-state index >= 15 is 0 Å². The number of amides is 1. The van der Waals surface area contributed by atoms with Crippen LogP contribution in [0.25, 0.3) is 0 Å². The first kappa shape index (κ1) is 18.1. The van der Waals surface area contributed by atoms with Crippen LogP contribution in [0.15, 0.2) is 6.07 Å². The van der Waals surface area contributed by atoms with Gasteiger partial charge in [0.15, 0.2) is 0 Å². The molecule has 0 aromatic carbocycles. The molecule has 0 saturated carbocycles. The van der Waals surface area contributed by atoms with E-state index in [-0.39, 0.29) is 35.0 Å². The summed E-state index contributed by atoms with van der Waals surface area (Å²) in [7, 11) is 0. The molecule has 0 bridgehead atoms. The lowest BCUT2D eigenvalue weighted by molar-refractivity contribution is -0.0498. The molecular weight excluding hydrogens is 322 g/mol. The van der Waals surface area contributed by atoms with Crippen molar-refractivity contribution in [2.45, 2.75) is 45.4 Å². The molecule has 1 fully saturated rings. The number of hydrogen-bond donors (Lipinski definition) is 2. The maximum Gasteiger partial charge on any atom is 0.387 e. The zero-order valence-corrected chi connectivity index (χ0v) is 13.5. The molecule has 21 heavy (non-hydrogen) atoms. The first-order valence-corrected chi connectivity index (χ1v) is 7.37. The van der Waals surface area contributed by atoms with Gasteiger partial charge in [-0.05, 0) is 39.3 Å². The molecule has 0 aliphatic carbocycles. The number of nitrogens with one attached hydrogen (secondary N) is 2. The maximum atomic E-state index is 12.3. The number of hydrogen-bond acceptors (Lipinski definition) is 4. The molecule has 1 aliphatic rings. The van der Waals surface area contributed by atoms with Gasteiger partial charge in [0.05, 0.1) is 0 Å². The fraction of sp³-hybridized carbons (Fsp3) is 0.615. The van der Waals surface area contributed by atoms with Gasteiger partial charge in [-0.3, -0.25) is 4.79 Å². The Bertz CT molecular complexity index is 485. The van der Waals surface area contributed by atoms with E-state index in [9.17, 15) is 13.6 Å². The summed E-state index contributed by atoms with van der Waals surface area (Å²) in [4.78, 5) is 13.2. The van der Waals surface area contributed by atoms with E-state index in [4.69, 9.17) is 0 Å². The topological polar surface area (TPSA) is 50.4 Å². The number of thiophene rings is 1. The Labute approximate surface area is 132 Å². The van der Waals surface area contributed by atoms with Crippen molar-refractivity contribution in [2.24, 2.45) is 0 Å². The van der Waals surface area contributed by atoms with Crippen LogP contribution in [0.1, 0.15) is 34.3 Å². The van der Waals surface area contributed by atoms with Gasteiger partial charge in [0.1, 0.15) is 10.6 Å². The Hall–Kier alpha value is -0.920. The van der Waals surface area contributed by atoms with E-state index in [0.29, 0.717) is 6.04 Å². The number of rotatable bonds is 4. The molecule has 120 valence electrons. The molecule has 2 unspecified atom stereocenters. The Morgan fingerprint density at radius 3 is 2.90 bits per heavy atom. The summed E-state index contributed by atoms with van der Waals surface area (Å²) in [6, 6.07) is 1.88. The van der Waals surface area contributed by atoms with E-state index in [1.165, 1.54) is 17.4 Å². The van der Waals surface area contributed by atoms with Gasteiger partial charge >= 0.3 is 6.61 Å². The number of ether oxygens (including phenoxy) is 1. The fourth-order valence-electron chi connectivity index (χ4n) is 2.35. The highest BCUT2D eigenvalue weighted by atomic mass is 35.5. The second-order valence-electron chi connectivity index (χ2n) is 4.98. The van der Waals surface area contributed by atoms with E-state index in [0.717, 1.165) is 24.3 Å². The zero-order valence-electron chi connectivity index (χ0n) is 11.8. The van der Waals surface area contributed by atoms with Gasteiger partial charge in [-0.25, -0.2) is 0 Å². The van der Waals surface area contributed by atoms with Crippen LogP contribution in [0.4, 0.5) is 8.78 Å². The van der Waals surface area contributed by atoms with Crippen LogP contribution in [-0.2, 0) is 0 Å². The molecule has 1 aromatic rings. The number of halogens is 3. The molecule has 0 radical (unpaired) electrons. The van der Waals surface area contributed by atoms with E-state index in [1.54, 1.807) is 6.92 Å². The van der Waals surface area contributed by atoms with Crippen molar-refractivity contribution in [2.75, 3.05) is 6.54 Å². The highest BCUT2D eigenvalue weighted by Crippen LogP contribution is 2.30. The van der Waals surface area contributed by atoms with Crippen molar-refractivity contribution in [3.05, 3.63) is 15.8 Å². The predicted molar refractivity (Wildman–Crippen MR) is 80.9 cm³/mol. The highest BCUT2D eigenvalue weighted by Gasteiger charge is 2.24. The minimum absolute atomic E-state index is 0. The monoisotopic (exact) mass is 340 g/mol. The Morgan fingerprint density at radius 2 is 2.29 bits per heavy atom. The molecule has 4 nitrogen and oxygen atoms in total. The molecule has 1 aliphatic heterocycles. The number of carbonyl (C=O) groups is 1. The first-order chi connectivity index (χ1) is 9.45. The van der Waals surface area contributed by atoms with Gasteiger partial charge in [0, 0.05) is 17.0 Å². The fourth-order valence-corrected chi connectivity index (χ4v) is 3.19. The summed E-state index contributed by atoms with van der Waals surface area (Å²) < 4.78 is 29.1. The van der Waals surface area contributed by atoms with E-state index in [1.807, 2.05) is 0 Å². The predicted octanol–water partition coefficient (Wildman–Crippen LogP) is 2.95. The third kappa shape index (κ3) is 5.09. The number of alkyl halides is 2. The summed E-state index contributed by atoms with van der Waals surface area (Å²) in [5.74, 6) is -0.375. The van der Waals surface area contributed by atoms with Gasteiger partial charge in [0.2, 0.25) is 0 Å². The zero-order chi connectivity index (χ0) is 14.7. The second kappa shape index (κ2) is 7.91. The third-order valence-electron chi connectivity index (χ3n) is 3.20. The van der Waals surface area contributed by atoms with Crippen LogP contribution in [0, 0.1) is 6.92 Å². The second-order valence-corrected chi connectivity index (χ2v) is 6.24. The molecule has 1 amide bonds. The average molecular weight is 341 g/mol.